The van der Waals surface area contributed by atoms with Gasteiger partial charge < -0.3 is 4.90 Å². The lowest BCUT2D eigenvalue weighted by Crippen LogP contribution is -2.27. The van der Waals surface area contributed by atoms with Crippen LogP contribution in [-0.2, 0) is 6.42 Å². The first-order valence-corrected chi connectivity index (χ1v) is 6.21. The number of halogens is 2. The van der Waals surface area contributed by atoms with E-state index in [-0.39, 0.29) is 5.56 Å². The molecule has 0 aliphatic rings. The molecule has 2 aromatic rings. The molecule has 1 heterocycles. The van der Waals surface area contributed by atoms with Crippen molar-refractivity contribution in [3.63, 3.8) is 0 Å². The van der Waals surface area contributed by atoms with Gasteiger partial charge in [0.1, 0.15) is 0 Å². The van der Waals surface area contributed by atoms with Gasteiger partial charge in [0, 0.05) is 18.9 Å². The minimum atomic E-state index is -1.27. The van der Waals surface area contributed by atoms with Crippen LogP contribution in [0.3, 0.4) is 0 Å². The Morgan fingerprint density at radius 2 is 1.85 bits per heavy atom. The van der Waals surface area contributed by atoms with Gasteiger partial charge in [0.05, 0.1) is 5.56 Å². The zero-order valence-electron chi connectivity index (χ0n) is 11.2. The third kappa shape index (κ3) is 2.66. The molecule has 0 aliphatic heterocycles. The van der Waals surface area contributed by atoms with Crippen LogP contribution in [0.2, 0.25) is 0 Å². The summed E-state index contributed by atoms with van der Waals surface area (Å²) in [6, 6.07) is 8.49. The maximum atomic E-state index is 13.6. The van der Waals surface area contributed by atoms with E-state index in [1.54, 1.807) is 12.1 Å². The van der Waals surface area contributed by atoms with Crippen molar-refractivity contribution in [3.05, 3.63) is 59.4 Å². The average molecular weight is 276 g/mol. The number of benzene rings is 1. The Morgan fingerprint density at radius 3 is 2.45 bits per heavy atom. The van der Waals surface area contributed by atoms with E-state index >= 15 is 0 Å². The van der Waals surface area contributed by atoms with Gasteiger partial charge in [-0.1, -0.05) is 19.1 Å². The number of aromatic nitrogens is 1. The summed E-state index contributed by atoms with van der Waals surface area (Å²) < 4.78 is 26.6. The van der Waals surface area contributed by atoms with Crippen LogP contribution in [0.25, 0.3) is 0 Å². The lowest BCUT2D eigenvalue weighted by molar-refractivity contribution is 0.0987. The Labute approximate surface area is 115 Å². The number of carbonyl (C=O) groups is 1. The molecule has 104 valence electrons. The molecule has 5 heteroatoms. The molecule has 0 atom stereocenters. The first kappa shape index (κ1) is 14.1. The molecule has 0 unspecified atom stereocenters. The summed E-state index contributed by atoms with van der Waals surface area (Å²) in [5.74, 6) is -3.12. The van der Waals surface area contributed by atoms with E-state index in [1.165, 1.54) is 11.9 Å². The molecule has 0 N–H and O–H groups in total. The van der Waals surface area contributed by atoms with E-state index in [2.05, 4.69) is 4.98 Å². The summed E-state index contributed by atoms with van der Waals surface area (Å²) in [6.07, 6.45) is 1.96. The van der Waals surface area contributed by atoms with Crippen LogP contribution >= 0.6 is 0 Å². The molecule has 20 heavy (non-hydrogen) atoms. The highest BCUT2D eigenvalue weighted by atomic mass is 19.2. The standard InChI is InChI=1S/C15H14F2N2O/c1-3-10-4-6-11(7-5-10)19(2)15(20)12-8-9-18-14(17)13(12)16/h4-9H,3H2,1-2H3. The molecular formula is C15H14F2N2O. The van der Waals surface area contributed by atoms with Crippen LogP contribution in [0.15, 0.2) is 36.5 Å². The number of amides is 1. The molecule has 0 radical (unpaired) electrons. The summed E-state index contributed by atoms with van der Waals surface area (Å²) in [5, 5.41) is 0. The molecule has 1 amide bonds. The Morgan fingerprint density at radius 1 is 1.20 bits per heavy atom. The molecule has 2 rings (SSSR count). The van der Waals surface area contributed by atoms with Crippen molar-refractivity contribution in [2.24, 2.45) is 0 Å². The number of hydrogen-bond acceptors (Lipinski definition) is 2. The topological polar surface area (TPSA) is 33.2 Å². The van der Waals surface area contributed by atoms with E-state index in [4.69, 9.17) is 0 Å². The highest BCUT2D eigenvalue weighted by Crippen LogP contribution is 2.18. The second-order valence-corrected chi connectivity index (χ2v) is 4.35. The third-order valence-corrected chi connectivity index (χ3v) is 3.11. The Bertz CT molecular complexity index is 626. The van der Waals surface area contributed by atoms with Gasteiger partial charge in [-0.25, -0.2) is 9.37 Å². The van der Waals surface area contributed by atoms with Gasteiger partial charge >= 0.3 is 0 Å². The number of anilines is 1. The van der Waals surface area contributed by atoms with Gasteiger partial charge in [-0.15, -0.1) is 0 Å². The fourth-order valence-corrected chi connectivity index (χ4v) is 1.84. The minimum Gasteiger partial charge on any atom is -0.311 e. The van der Waals surface area contributed by atoms with Crippen LogP contribution in [0.1, 0.15) is 22.8 Å². The highest BCUT2D eigenvalue weighted by molar-refractivity contribution is 6.05. The van der Waals surface area contributed by atoms with Crippen LogP contribution < -0.4 is 4.90 Å². The fraction of sp³-hybridized carbons (Fsp3) is 0.200. The Balaban J connectivity index is 2.29. The maximum absolute atomic E-state index is 13.6. The molecule has 1 aromatic heterocycles. The number of carbonyl (C=O) groups excluding carboxylic acids is 1. The molecule has 1 aromatic carbocycles. The van der Waals surface area contributed by atoms with Gasteiger partial charge in [0.15, 0.2) is 5.82 Å². The molecule has 0 fully saturated rings. The lowest BCUT2D eigenvalue weighted by Gasteiger charge is -2.18. The zero-order chi connectivity index (χ0) is 14.7. The number of rotatable bonds is 3. The predicted molar refractivity (Wildman–Crippen MR) is 72.7 cm³/mol. The molecule has 0 saturated carbocycles. The van der Waals surface area contributed by atoms with Gasteiger partial charge in [-0.2, -0.15) is 4.39 Å². The van der Waals surface area contributed by atoms with Crippen molar-refractivity contribution >= 4 is 11.6 Å². The van der Waals surface area contributed by atoms with Gasteiger partial charge in [0.25, 0.3) is 5.91 Å². The van der Waals surface area contributed by atoms with Crippen molar-refractivity contribution in [1.29, 1.82) is 0 Å². The highest BCUT2D eigenvalue weighted by Gasteiger charge is 2.20. The van der Waals surface area contributed by atoms with Crippen LogP contribution in [0.4, 0.5) is 14.5 Å². The lowest BCUT2D eigenvalue weighted by atomic mass is 10.1. The number of hydrogen-bond donors (Lipinski definition) is 0. The van der Waals surface area contributed by atoms with Gasteiger partial charge in [0.2, 0.25) is 5.95 Å². The Kier molecular flexibility index (Phi) is 4.08. The van der Waals surface area contributed by atoms with E-state index in [1.807, 2.05) is 19.1 Å². The first-order chi connectivity index (χ1) is 9.54. The quantitative estimate of drug-likeness (QED) is 0.807. The second kappa shape index (κ2) is 5.77. The van der Waals surface area contributed by atoms with Crippen molar-refractivity contribution in [3.8, 4) is 0 Å². The van der Waals surface area contributed by atoms with Crippen LogP contribution in [-0.4, -0.2) is 17.9 Å². The third-order valence-electron chi connectivity index (χ3n) is 3.11. The van der Waals surface area contributed by atoms with Crippen molar-refractivity contribution in [1.82, 2.24) is 4.98 Å². The second-order valence-electron chi connectivity index (χ2n) is 4.35. The predicted octanol–water partition coefficient (Wildman–Crippen LogP) is 3.20. The van der Waals surface area contributed by atoms with Crippen LogP contribution in [0.5, 0.6) is 0 Å². The van der Waals surface area contributed by atoms with Crippen molar-refractivity contribution in [2.45, 2.75) is 13.3 Å². The summed E-state index contributed by atoms with van der Waals surface area (Å²) in [4.78, 5) is 16.6. The summed E-state index contributed by atoms with van der Waals surface area (Å²) >= 11 is 0. The summed E-state index contributed by atoms with van der Waals surface area (Å²) in [5.41, 5.74) is 1.42. The number of pyridine rings is 1. The minimum absolute atomic E-state index is 0.334. The SMILES string of the molecule is CCc1ccc(N(C)C(=O)c2ccnc(F)c2F)cc1. The summed E-state index contributed by atoms with van der Waals surface area (Å²) in [7, 11) is 1.51. The average Bonchev–Trinajstić information content (AvgIpc) is 2.48. The summed E-state index contributed by atoms with van der Waals surface area (Å²) in [6.45, 7) is 2.03. The maximum Gasteiger partial charge on any atom is 0.261 e. The van der Waals surface area contributed by atoms with Gasteiger partial charge in [-0.05, 0) is 30.2 Å². The largest absolute Gasteiger partial charge is 0.311 e. The van der Waals surface area contributed by atoms with E-state index in [0.29, 0.717) is 5.69 Å². The molecule has 0 aliphatic carbocycles. The molecule has 0 saturated heterocycles. The number of nitrogens with zero attached hydrogens (tertiary/aromatic N) is 2. The van der Waals surface area contributed by atoms with E-state index in [0.717, 1.165) is 24.2 Å². The Hall–Kier alpha value is -2.30. The van der Waals surface area contributed by atoms with Crippen molar-refractivity contribution < 1.29 is 13.6 Å². The number of aryl methyl sites for hydroxylation is 1. The van der Waals surface area contributed by atoms with Crippen molar-refractivity contribution in [2.75, 3.05) is 11.9 Å². The normalized spacial score (nSPS) is 10.4. The first-order valence-electron chi connectivity index (χ1n) is 6.21. The van der Waals surface area contributed by atoms with Gasteiger partial charge in [-0.3, -0.25) is 4.79 Å². The molecule has 0 bridgehead atoms. The van der Waals surface area contributed by atoms with E-state index in [9.17, 15) is 13.6 Å². The smallest absolute Gasteiger partial charge is 0.261 e. The molecular weight excluding hydrogens is 262 g/mol. The molecule has 0 spiro atoms. The zero-order valence-corrected chi connectivity index (χ0v) is 11.2. The van der Waals surface area contributed by atoms with E-state index < -0.39 is 17.7 Å². The monoisotopic (exact) mass is 276 g/mol. The van der Waals surface area contributed by atoms with Crippen LogP contribution in [0, 0.1) is 11.8 Å². The molecule has 3 nitrogen and oxygen atoms in total. The fourth-order valence-electron chi connectivity index (χ4n) is 1.84.